The summed E-state index contributed by atoms with van der Waals surface area (Å²) in [5, 5.41) is 2.48. The van der Waals surface area contributed by atoms with Crippen LogP contribution in [-0.2, 0) is 11.2 Å². The Morgan fingerprint density at radius 1 is 1.06 bits per heavy atom. The fourth-order valence-electron chi connectivity index (χ4n) is 1.87. The Morgan fingerprint density at radius 3 is 2.47 bits per heavy atom. The smallest absolute Gasteiger partial charge is 0.222 e. The van der Waals surface area contributed by atoms with E-state index in [-0.39, 0.29) is 5.91 Å². The van der Waals surface area contributed by atoms with Crippen LogP contribution in [-0.4, -0.2) is 24.9 Å². The highest BCUT2D eigenvalue weighted by Gasteiger charge is 2.04. The van der Waals surface area contributed by atoms with Gasteiger partial charge < -0.3 is 4.90 Å². The number of hydrogen-bond acceptors (Lipinski definition) is 1. The van der Waals surface area contributed by atoms with Crippen molar-refractivity contribution in [2.45, 2.75) is 12.8 Å². The first-order valence-corrected chi connectivity index (χ1v) is 5.84. The summed E-state index contributed by atoms with van der Waals surface area (Å²) >= 11 is 0. The summed E-state index contributed by atoms with van der Waals surface area (Å²) in [6.45, 7) is 0. The summed E-state index contributed by atoms with van der Waals surface area (Å²) in [5.74, 6) is 0.179. The summed E-state index contributed by atoms with van der Waals surface area (Å²) in [6.07, 6.45) is 1.38. The minimum absolute atomic E-state index is 0.179. The second kappa shape index (κ2) is 5.00. The van der Waals surface area contributed by atoms with E-state index in [1.54, 1.807) is 19.0 Å². The lowest BCUT2D eigenvalue weighted by Gasteiger charge is -2.10. The fourth-order valence-corrected chi connectivity index (χ4v) is 1.87. The van der Waals surface area contributed by atoms with Crippen LogP contribution in [0.5, 0.6) is 0 Å². The molecule has 0 N–H and O–H groups in total. The second-order valence-electron chi connectivity index (χ2n) is 4.47. The van der Waals surface area contributed by atoms with Crippen molar-refractivity contribution in [3.63, 3.8) is 0 Å². The van der Waals surface area contributed by atoms with Crippen LogP contribution in [0.25, 0.3) is 10.8 Å². The minimum atomic E-state index is 0.179. The zero-order valence-corrected chi connectivity index (χ0v) is 10.3. The van der Waals surface area contributed by atoms with Crippen LogP contribution >= 0.6 is 0 Å². The summed E-state index contributed by atoms with van der Waals surface area (Å²) in [5.41, 5.74) is 1.22. The Balaban J connectivity index is 2.12. The molecule has 0 saturated heterocycles. The molecule has 0 aliphatic heterocycles. The van der Waals surface area contributed by atoms with Gasteiger partial charge in [0.1, 0.15) is 0 Å². The molecule has 0 aliphatic carbocycles. The molecular formula is C15H17NO. The van der Waals surface area contributed by atoms with Crippen LogP contribution in [0.3, 0.4) is 0 Å². The molecule has 2 rings (SSSR count). The Hall–Kier alpha value is -1.83. The van der Waals surface area contributed by atoms with Gasteiger partial charge in [-0.2, -0.15) is 0 Å². The van der Waals surface area contributed by atoms with Crippen LogP contribution in [0.4, 0.5) is 0 Å². The predicted molar refractivity (Wildman–Crippen MR) is 71.0 cm³/mol. The highest BCUT2D eigenvalue weighted by Crippen LogP contribution is 2.16. The van der Waals surface area contributed by atoms with E-state index in [1.807, 2.05) is 12.1 Å². The quantitative estimate of drug-likeness (QED) is 0.789. The predicted octanol–water partition coefficient (Wildman–Crippen LogP) is 2.86. The third kappa shape index (κ3) is 2.84. The maximum Gasteiger partial charge on any atom is 0.222 e. The monoisotopic (exact) mass is 227 g/mol. The van der Waals surface area contributed by atoms with Gasteiger partial charge in [0.05, 0.1) is 0 Å². The van der Waals surface area contributed by atoms with Crippen LogP contribution in [0.2, 0.25) is 0 Å². The van der Waals surface area contributed by atoms with Crippen molar-refractivity contribution in [1.82, 2.24) is 4.90 Å². The highest BCUT2D eigenvalue weighted by molar-refractivity contribution is 5.83. The van der Waals surface area contributed by atoms with E-state index in [2.05, 4.69) is 30.3 Å². The molecule has 2 aromatic carbocycles. The maximum absolute atomic E-state index is 11.5. The van der Waals surface area contributed by atoms with E-state index in [4.69, 9.17) is 0 Å². The van der Waals surface area contributed by atoms with Gasteiger partial charge in [0.15, 0.2) is 0 Å². The van der Waals surface area contributed by atoms with Crippen molar-refractivity contribution in [2.75, 3.05) is 14.1 Å². The zero-order valence-electron chi connectivity index (χ0n) is 10.3. The highest BCUT2D eigenvalue weighted by atomic mass is 16.2. The van der Waals surface area contributed by atoms with E-state index in [1.165, 1.54) is 16.3 Å². The first kappa shape index (κ1) is 11.6. The first-order valence-electron chi connectivity index (χ1n) is 5.84. The molecule has 2 aromatic rings. The summed E-state index contributed by atoms with van der Waals surface area (Å²) in [6, 6.07) is 14.7. The Morgan fingerprint density at radius 2 is 1.76 bits per heavy atom. The van der Waals surface area contributed by atoms with Crippen molar-refractivity contribution in [1.29, 1.82) is 0 Å². The molecule has 1 amide bonds. The van der Waals surface area contributed by atoms with Gasteiger partial charge in [-0.1, -0.05) is 42.5 Å². The van der Waals surface area contributed by atoms with Crippen LogP contribution in [0.1, 0.15) is 12.0 Å². The Kier molecular flexibility index (Phi) is 3.43. The number of aryl methyl sites for hydroxylation is 1. The number of fused-ring (bicyclic) bond motifs is 1. The van der Waals surface area contributed by atoms with E-state index in [0.717, 1.165) is 6.42 Å². The fraction of sp³-hybridized carbons (Fsp3) is 0.267. The summed E-state index contributed by atoms with van der Waals surface area (Å²) in [4.78, 5) is 13.1. The van der Waals surface area contributed by atoms with E-state index >= 15 is 0 Å². The van der Waals surface area contributed by atoms with Gasteiger partial charge in [0, 0.05) is 20.5 Å². The molecule has 0 unspecified atom stereocenters. The molecule has 0 heterocycles. The molecule has 0 bridgehead atoms. The van der Waals surface area contributed by atoms with Crippen LogP contribution in [0.15, 0.2) is 42.5 Å². The minimum Gasteiger partial charge on any atom is -0.349 e. The third-order valence-electron chi connectivity index (χ3n) is 2.94. The number of amides is 1. The molecular weight excluding hydrogens is 210 g/mol. The lowest BCUT2D eigenvalue weighted by atomic mass is 10.0. The van der Waals surface area contributed by atoms with Crippen LogP contribution < -0.4 is 0 Å². The van der Waals surface area contributed by atoms with E-state index in [0.29, 0.717) is 6.42 Å². The Labute approximate surface area is 102 Å². The van der Waals surface area contributed by atoms with Crippen molar-refractivity contribution in [3.05, 3.63) is 48.0 Å². The number of hydrogen-bond donors (Lipinski definition) is 0. The molecule has 2 nitrogen and oxygen atoms in total. The number of rotatable bonds is 3. The molecule has 0 radical (unpaired) electrons. The van der Waals surface area contributed by atoms with Crippen molar-refractivity contribution in [3.8, 4) is 0 Å². The lowest BCUT2D eigenvalue weighted by Crippen LogP contribution is -2.21. The topological polar surface area (TPSA) is 20.3 Å². The molecule has 17 heavy (non-hydrogen) atoms. The first-order chi connectivity index (χ1) is 8.16. The average molecular weight is 227 g/mol. The molecule has 88 valence electrons. The van der Waals surface area contributed by atoms with Gasteiger partial charge >= 0.3 is 0 Å². The van der Waals surface area contributed by atoms with Crippen molar-refractivity contribution >= 4 is 16.7 Å². The number of carbonyl (C=O) groups excluding carboxylic acids is 1. The van der Waals surface area contributed by atoms with Gasteiger partial charge in [-0.15, -0.1) is 0 Å². The molecule has 0 spiro atoms. The SMILES string of the molecule is CN(C)C(=O)CCc1ccc2ccccc2c1. The molecule has 0 saturated carbocycles. The second-order valence-corrected chi connectivity index (χ2v) is 4.47. The number of carbonyl (C=O) groups is 1. The summed E-state index contributed by atoms with van der Waals surface area (Å²) in [7, 11) is 3.59. The number of benzene rings is 2. The maximum atomic E-state index is 11.5. The van der Waals surface area contributed by atoms with Gasteiger partial charge in [-0.05, 0) is 22.8 Å². The standard InChI is InChI=1S/C15H17NO/c1-16(2)15(17)10-8-12-7-9-13-5-3-4-6-14(13)11-12/h3-7,9,11H,8,10H2,1-2H3. The van der Waals surface area contributed by atoms with Crippen LogP contribution in [0, 0.1) is 0 Å². The largest absolute Gasteiger partial charge is 0.349 e. The van der Waals surface area contributed by atoms with Crippen molar-refractivity contribution < 1.29 is 4.79 Å². The summed E-state index contributed by atoms with van der Waals surface area (Å²) < 4.78 is 0. The molecule has 0 atom stereocenters. The third-order valence-corrected chi connectivity index (χ3v) is 2.94. The van der Waals surface area contributed by atoms with Gasteiger partial charge in [-0.25, -0.2) is 0 Å². The molecule has 0 fully saturated rings. The lowest BCUT2D eigenvalue weighted by molar-refractivity contribution is -0.128. The molecule has 2 heteroatoms. The van der Waals surface area contributed by atoms with Gasteiger partial charge in [0.25, 0.3) is 0 Å². The molecule has 0 aromatic heterocycles. The number of nitrogens with zero attached hydrogens (tertiary/aromatic N) is 1. The van der Waals surface area contributed by atoms with E-state index < -0.39 is 0 Å². The average Bonchev–Trinajstić information content (AvgIpc) is 2.35. The van der Waals surface area contributed by atoms with Gasteiger partial charge in [-0.3, -0.25) is 4.79 Å². The van der Waals surface area contributed by atoms with Crippen molar-refractivity contribution in [2.24, 2.45) is 0 Å². The normalized spacial score (nSPS) is 10.5. The molecule has 0 aliphatic rings. The zero-order chi connectivity index (χ0) is 12.3. The van der Waals surface area contributed by atoms with Gasteiger partial charge in [0.2, 0.25) is 5.91 Å². The van der Waals surface area contributed by atoms with E-state index in [9.17, 15) is 4.79 Å². The Bertz CT molecular complexity index is 531.